The highest BCUT2D eigenvalue weighted by molar-refractivity contribution is 5.16. The summed E-state index contributed by atoms with van der Waals surface area (Å²) >= 11 is 0. The minimum absolute atomic E-state index is 0.0285. The van der Waals surface area contributed by atoms with Gasteiger partial charge in [-0.2, -0.15) is 0 Å². The van der Waals surface area contributed by atoms with Gasteiger partial charge in [-0.1, -0.05) is 104 Å². The quantitative estimate of drug-likeness (QED) is 0.399. The largest absolute Gasteiger partial charge is 0.375 e. The molecule has 1 heterocycles. The Morgan fingerprint density at radius 3 is 1.55 bits per heavy atom. The number of benzene rings is 3. The zero-order chi connectivity index (χ0) is 22.7. The molecule has 4 rings (SSSR count). The molecule has 4 heteroatoms. The lowest BCUT2D eigenvalue weighted by atomic mass is 10.0. The molecule has 1 aliphatic rings. The standard InChI is InChI=1S/C29H35NO3/c1-2-12-26-28(32-20-24-15-8-4-9-16-24)29(33-21-25-17-10-5-11-18-25)27(30-26)22-31-19-23-13-6-3-7-14-23/h3-11,13-18,26-30H,2,12,19-22H2,1H3/t26-,27-,28-,29-/m0/s1. The second-order valence-corrected chi connectivity index (χ2v) is 8.69. The zero-order valence-corrected chi connectivity index (χ0v) is 19.4. The van der Waals surface area contributed by atoms with E-state index >= 15 is 0 Å². The van der Waals surface area contributed by atoms with Crippen LogP contribution in [0.3, 0.4) is 0 Å². The molecule has 0 aliphatic carbocycles. The van der Waals surface area contributed by atoms with Crippen molar-refractivity contribution in [3.63, 3.8) is 0 Å². The second-order valence-electron chi connectivity index (χ2n) is 8.69. The topological polar surface area (TPSA) is 39.7 Å². The van der Waals surface area contributed by atoms with Crippen molar-refractivity contribution in [1.82, 2.24) is 5.32 Å². The molecule has 0 amide bonds. The van der Waals surface area contributed by atoms with Crippen molar-refractivity contribution in [1.29, 1.82) is 0 Å². The number of hydrogen-bond donors (Lipinski definition) is 1. The Hall–Kier alpha value is -2.50. The predicted molar refractivity (Wildman–Crippen MR) is 132 cm³/mol. The molecule has 0 spiro atoms. The van der Waals surface area contributed by atoms with Gasteiger partial charge in [-0.3, -0.25) is 0 Å². The van der Waals surface area contributed by atoms with Crippen LogP contribution >= 0.6 is 0 Å². The summed E-state index contributed by atoms with van der Waals surface area (Å²) in [6.07, 6.45) is 2.02. The van der Waals surface area contributed by atoms with E-state index in [1.54, 1.807) is 0 Å². The van der Waals surface area contributed by atoms with Crippen molar-refractivity contribution in [3.05, 3.63) is 108 Å². The van der Waals surface area contributed by atoms with Gasteiger partial charge < -0.3 is 19.5 Å². The summed E-state index contributed by atoms with van der Waals surface area (Å²) in [6.45, 7) is 4.54. The molecule has 3 aromatic rings. The smallest absolute Gasteiger partial charge is 0.103 e. The van der Waals surface area contributed by atoms with E-state index in [4.69, 9.17) is 14.2 Å². The minimum atomic E-state index is -0.0822. The van der Waals surface area contributed by atoms with E-state index in [1.165, 1.54) is 16.7 Å². The van der Waals surface area contributed by atoms with Crippen LogP contribution in [0.25, 0.3) is 0 Å². The first-order valence-electron chi connectivity index (χ1n) is 12.0. The van der Waals surface area contributed by atoms with Gasteiger partial charge >= 0.3 is 0 Å². The molecular formula is C29H35NO3. The van der Waals surface area contributed by atoms with Crippen LogP contribution in [0.15, 0.2) is 91.0 Å². The first kappa shape index (κ1) is 23.7. The molecule has 4 nitrogen and oxygen atoms in total. The fraction of sp³-hybridized carbons (Fsp3) is 0.379. The number of nitrogens with one attached hydrogen (secondary N) is 1. The van der Waals surface area contributed by atoms with Crippen LogP contribution in [0.4, 0.5) is 0 Å². The highest BCUT2D eigenvalue weighted by Gasteiger charge is 2.44. The normalized spacial score (nSPS) is 22.5. The maximum absolute atomic E-state index is 6.51. The van der Waals surface area contributed by atoms with Gasteiger partial charge in [-0.05, 0) is 23.1 Å². The average molecular weight is 446 g/mol. The molecule has 1 aliphatic heterocycles. The Balaban J connectivity index is 1.44. The van der Waals surface area contributed by atoms with E-state index < -0.39 is 0 Å². The Labute approximate surface area is 197 Å². The molecule has 0 radical (unpaired) electrons. The van der Waals surface area contributed by atoms with Crippen LogP contribution in [0, 0.1) is 0 Å². The fourth-order valence-corrected chi connectivity index (χ4v) is 4.46. The van der Waals surface area contributed by atoms with Crippen LogP contribution < -0.4 is 5.32 Å². The van der Waals surface area contributed by atoms with Crippen molar-refractivity contribution >= 4 is 0 Å². The van der Waals surface area contributed by atoms with Crippen LogP contribution in [0.2, 0.25) is 0 Å². The summed E-state index contributed by atoms with van der Waals surface area (Å²) < 4.78 is 19.1. The van der Waals surface area contributed by atoms with E-state index in [0.717, 1.165) is 12.8 Å². The van der Waals surface area contributed by atoms with Crippen molar-refractivity contribution in [2.45, 2.75) is 63.9 Å². The molecule has 0 aromatic heterocycles. The molecule has 4 atom stereocenters. The summed E-state index contributed by atoms with van der Waals surface area (Å²) in [5.41, 5.74) is 3.53. The first-order chi connectivity index (χ1) is 16.3. The Kier molecular flexibility index (Phi) is 9.08. The third kappa shape index (κ3) is 6.99. The summed E-state index contributed by atoms with van der Waals surface area (Å²) in [6, 6.07) is 31.3. The monoisotopic (exact) mass is 445 g/mol. The van der Waals surface area contributed by atoms with Gasteiger partial charge in [0.15, 0.2) is 0 Å². The SMILES string of the molecule is CCC[C@@H]1N[C@@H](COCc2ccccc2)[C@H](OCc2ccccc2)[C@H]1OCc1ccccc1. The van der Waals surface area contributed by atoms with Crippen LogP contribution in [0.1, 0.15) is 36.5 Å². The lowest BCUT2D eigenvalue weighted by Crippen LogP contribution is -2.40. The summed E-state index contributed by atoms with van der Waals surface area (Å²) in [7, 11) is 0. The van der Waals surface area contributed by atoms with Gasteiger partial charge in [0.1, 0.15) is 12.2 Å². The number of hydrogen-bond acceptors (Lipinski definition) is 4. The molecular weight excluding hydrogens is 410 g/mol. The van der Waals surface area contributed by atoms with E-state index in [9.17, 15) is 0 Å². The van der Waals surface area contributed by atoms with E-state index in [0.29, 0.717) is 26.4 Å². The van der Waals surface area contributed by atoms with E-state index in [-0.39, 0.29) is 24.3 Å². The van der Waals surface area contributed by atoms with E-state index in [2.05, 4.69) is 72.9 Å². The zero-order valence-electron chi connectivity index (χ0n) is 19.4. The first-order valence-corrected chi connectivity index (χ1v) is 12.0. The van der Waals surface area contributed by atoms with Crippen molar-refractivity contribution in [3.8, 4) is 0 Å². The van der Waals surface area contributed by atoms with Gasteiger partial charge in [0, 0.05) is 6.04 Å². The second kappa shape index (κ2) is 12.7. The van der Waals surface area contributed by atoms with Crippen LogP contribution in [-0.4, -0.2) is 30.9 Å². The molecule has 0 saturated carbocycles. The Morgan fingerprint density at radius 1 is 0.606 bits per heavy atom. The molecule has 1 N–H and O–H groups in total. The minimum Gasteiger partial charge on any atom is -0.375 e. The maximum Gasteiger partial charge on any atom is 0.103 e. The molecule has 0 bridgehead atoms. The summed E-state index contributed by atoms with van der Waals surface area (Å²) in [4.78, 5) is 0. The predicted octanol–water partition coefficient (Wildman–Crippen LogP) is 5.51. The molecule has 1 fully saturated rings. The van der Waals surface area contributed by atoms with Gasteiger partial charge in [0.05, 0.1) is 32.5 Å². The number of ether oxygens (including phenoxy) is 3. The summed E-state index contributed by atoms with van der Waals surface area (Å²) in [5.74, 6) is 0. The lowest BCUT2D eigenvalue weighted by Gasteiger charge is -2.26. The van der Waals surface area contributed by atoms with E-state index in [1.807, 2.05) is 30.3 Å². The van der Waals surface area contributed by atoms with Crippen LogP contribution in [-0.2, 0) is 34.0 Å². The van der Waals surface area contributed by atoms with Crippen molar-refractivity contribution in [2.24, 2.45) is 0 Å². The third-order valence-electron chi connectivity index (χ3n) is 6.12. The molecule has 0 unspecified atom stereocenters. The molecule has 174 valence electrons. The molecule has 3 aromatic carbocycles. The van der Waals surface area contributed by atoms with Crippen LogP contribution in [0.5, 0.6) is 0 Å². The third-order valence-corrected chi connectivity index (χ3v) is 6.12. The fourth-order valence-electron chi connectivity index (χ4n) is 4.46. The van der Waals surface area contributed by atoms with Gasteiger partial charge in [0.2, 0.25) is 0 Å². The van der Waals surface area contributed by atoms with Gasteiger partial charge in [-0.25, -0.2) is 0 Å². The number of rotatable bonds is 12. The van der Waals surface area contributed by atoms with Gasteiger partial charge in [0.25, 0.3) is 0 Å². The highest BCUT2D eigenvalue weighted by atomic mass is 16.5. The van der Waals surface area contributed by atoms with Gasteiger partial charge in [-0.15, -0.1) is 0 Å². The highest BCUT2D eigenvalue weighted by Crippen LogP contribution is 2.26. The Bertz CT molecular complexity index is 919. The lowest BCUT2D eigenvalue weighted by molar-refractivity contribution is -0.0862. The molecule has 1 saturated heterocycles. The Morgan fingerprint density at radius 2 is 1.06 bits per heavy atom. The van der Waals surface area contributed by atoms with Crippen molar-refractivity contribution < 1.29 is 14.2 Å². The summed E-state index contributed by atoms with van der Waals surface area (Å²) in [5, 5.41) is 3.78. The average Bonchev–Trinajstić information content (AvgIpc) is 3.19. The van der Waals surface area contributed by atoms with Crippen molar-refractivity contribution in [2.75, 3.05) is 6.61 Å². The molecule has 33 heavy (non-hydrogen) atoms. The maximum atomic E-state index is 6.51.